The highest BCUT2D eigenvalue weighted by molar-refractivity contribution is 6.14. The Bertz CT molecular complexity index is 3840. The van der Waals surface area contributed by atoms with Gasteiger partial charge in [0.25, 0.3) is 0 Å². The summed E-state index contributed by atoms with van der Waals surface area (Å²) in [5, 5.41) is 6.31. The lowest BCUT2D eigenvalue weighted by atomic mass is 9.78. The van der Waals surface area contributed by atoms with Gasteiger partial charge in [0, 0.05) is 44.2 Å². The van der Waals surface area contributed by atoms with Gasteiger partial charge in [-0.1, -0.05) is 118 Å². The van der Waals surface area contributed by atoms with Gasteiger partial charge in [-0.15, -0.1) is 0 Å². The predicted octanol–water partition coefficient (Wildman–Crippen LogP) is 15.4. The quantitative estimate of drug-likeness (QED) is 0.179. The Morgan fingerprint density at radius 1 is 0.491 bits per heavy atom. The molecule has 0 spiro atoms. The number of furan rings is 1. The summed E-state index contributed by atoms with van der Waals surface area (Å²) in [6, 6.07) is 41.1. The Balaban J connectivity index is 0.989. The second-order valence-corrected chi connectivity index (χ2v) is 16.0. The molecule has 0 unspecified atom stereocenters. The standard InChI is InChI=1S/C54H38N2O/c1-54(2,3)48-19-11-17-42-43-18-12-22-51(53(43)57-52(42)48)55(37-13-5-4-6-14-37)38-25-23-33-29-44-46(31-35(33)27-38)45-30-34-24-26-39(28-36(34)32-47(44)45)56-49-20-9-7-15-40(49)41-16-8-10-21-50(41)56/h4-32H,1-3H3/i7D,8D,9D,10D,15D,16D,20D,21D. The fourth-order valence-electron chi connectivity index (χ4n) is 8.93. The molecule has 0 fully saturated rings. The third-order valence-electron chi connectivity index (χ3n) is 11.6. The third-order valence-corrected chi connectivity index (χ3v) is 11.6. The lowest BCUT2D eigenvalue weighted by molar-refractivity contribution is 0.573. The Morgan fingerprint density at radius 2 is 1.07 bits per heavy atom. The Kier molecular flexibility index (Phi) is 5.16. The van der Waals surface area contributed by atoms with Crippen molar-refractivity contribution in [2.75, 3.05) is 4.90 Å². The van der Waals surface area contributed by atoms with Crippen LogP contribution in [0.5, 0.6) is 0 Å². The highest BCUT2D eigenvalue weighted by Crippen LogP contribution is 2.51. The zero-order chi connectivity index (χ0) is 45.0. The molecule has 0 N–H and O–H groups in total. The van der Waals surface area contributed by atoms with Gasteiger partial charge in [-0.25, -0.2) is 0 Å². The largest absolute Gasteiger partial charge is 0.454 e. The van der Waals surface area contributed by atoms with Crippen LogP contribution in [0.2, 0.25) is 0 Å². The second-order valence-electron chi connectivity index (χ2n) is 16.0. The molecular formula is C54H38N2O. The Labute approximate surface area is 341 Å². The molecule has 0 saturated heterocycles. The van der Waals surface area contributed by atoms with Gasteiger partial charge in [0.05, 0.1) is 27.7 Å². The van der Waals surface area contributed by atoms with E-state index in [0.717, 1.165) is 82.8 Å². The fraction of sp³-hybridized carbons (Fsp3) is 0.0741. The van der Waals surface area contributed by atoms with E-state index in [1.165, 1.54) is 5.56 Å². The van der Waals surface area contributed by atoms with Crippen LogP contribution in [-0.4, -0.2) is 4.57 Å². The van der Waals surface area contributed by atoms with E-state index in [2.05, 4.69) is 129 Å². The van der Waals surface area contributed by atoms with E-state index in [9.17, 15) is 0 Å². The van der Waals surface area contributed by atoms with Crippen LogP contribution in [-0.2, 0) is 5.41 Å². The van der Waals surface area contributed by atoms with E-state index in [4.69, 9.17) is 15.4 Å². The van der Waals surface area contributed by atoms with E-state index in [0.29, 0.717) is 5.69 Å². The third kappa shape index (κ3) is 4.72. The normalized spacial score (nSPS) is 14.4. The molecule has 0 bridgehead atoms. The van der Waals surface area contributed by atoms with Crippen LogP contribution in [0.25, 0.3) is 93.2 Å². The predicted molar refractivity (Wildman–Crippen MR) is 241 cm³/mol. The van der Waals surface area contributed by atoms with Gasteiger partial charge in [0.2, 0.25) is 0 Å². The van der Waals surface area contributed by atoms with Gasteiger partial charge in [-0.2, -0.15) is 0 Å². The molecule has 0 saturated carbocycles. The molecule has 3 nitrogen and oxygen atoms in total. The number of benzene rings is 9. The number of aromatic nitrogens is 1. The van der Waals surface area contributed by atoms with Crippen LogP contribution in [0, 0.1) is 0 Å². The van der Waals surface area contributed by atoms with Gasteiger partial charge in [0.1, 0.15) is 5.58 Å². The van der Waals surface area contributed by atoms with Crippen LogP contribution >= 0.6 is 0 Å². The minimum Gasteiger partial charge on any atom is -0.454 e. The molecule has 11 aromatic rings. The Hall–Kier alpha value is -7.10. The van der Waals surface area contributed by atoms with E-state index in [-0.39, 0.29) is 51.4 Å². The zero-order valence-electron chi connectivity index (χ0n) is 39.4. The first kappa shape index (κ1) is 25.1. The summed E-state index contributed by atoms with van der Waals surface area (Å²) >= 11 is 0. The number of rotatable bonds is 4. The van der Waals surface area contributed by atoms with Crippen LogP contribution in [0.15, 0.2) is 180 Å². The second kappa shape index (κ2) is 11.7. The Morgan fingerprint density at radius 3 is 1.74 bits per heavy atom. The molecule has 1 aliphatic rings. The summed E-state index contributed by atoms with van der Waals surface area (Å²) in [5.41, 5.74) is 11.0. The maximum atomic E-state index is 8.95. The molecule has 0 radical (unpaired) electrons. The number of nitrogens with zero attached hydrogens (tertiary/aromatic N) is 2. The summed E-state index contributed by atoms with van der Waals surface area (Å²) < 4.78 is 77.8. The van der Waals surface area contributed by atoms with Gasteiger partial charge in [0.15, 0.2) is 5.58 Å². The summed E-state index contributed by atoms with van der Waals surface area (Å²) in [7, 11) is 0. The molecule has 1 aliphatic carbocycles. The van der Waals surface area contributed by atoms with Gasteiger partial charge < -0.3 is 13.9 Å². The number of hydrogen-bond acceptors (Lipinski definition) is 2. The molecule has 12 rings (SSSR count). The smallest absolute Gasteiger partial charge is 0.159 e. The van der Waals surface area contributed by atoms with Crippen molar-refractivity contribution in [3.05, 3.63) is 181 Å². The summed E-state index contributed by atoms with van der Waals surface area (Å²) in [5.74, 6) is 0. The number of hydrogen-bond donors (Lipinski definition) is 0. The van der Waals surface area contributed by atoms with Gasteiger partial charge in [-0.05, 0) is 128 Å². The minimum absolute atomic E-state index is 0.0624. The van der Waals surface area contributed by atoms with Crippen molar-refractivity contribution in [3.8, 4) is 27.9 Å². The van der Waals surface area contributed by atoms with Crippen molar-refractivity contribution in [1.29, 1.82) is 0 Å². The lowest BCUT2D eigenvalue weighted by Gasteiger charge is -2.28. The number of fused-ring (bicyclic) bond motifs is 12. The van der Waals surface area contributed by atoms with Gasteiger partial charge in [-0.3, -0.25) is 0 Å². The number of para-hydroxylation sites is 5. The first-order valence-electron chi connectivity index (χ1n) is 23.2. The van der Waals surface area contributed by atoms with E-state index in [1.807, 2.05) is 24.3 Å². The average Bonchev–Trinajstić information content (AvgIpc) is 3.88. The van der Waals surface area contributed by atoms with Crippen molar-refractivity contribution in [1.82, 2.24) is 4.57 Å². The van der Waals surface area contributed by atoms with Crippen molar-refractivity contribution in [3.63, 3.8) is 0 Å². The molecule has 9 aromatic carbocycles. The maximum Gasteiger partial charge on any atom is 0.159 e. The lowest BCUT2D eigenvalue weighted by Crippen LogP contribution is -2.11. The average molecular weight is 739 g/mol. The molecule has 0 amide bonds. The van der Waals surface area contributed by atoms with E-state index >= 15 is 0 Å². The molecule has 270 valence electrons. The molecule has 2 heterocycles. The molecule has 2 aromatic heterocycles. The molecule has 0 aliphatic heterocycles. The topological polar surface area (TPSA) is 21.3 Å². The number of anilines is 3. The van der Waals surface area contributed by atoms with Crippen molar-refractivity contribution >= 4 is 82.4 Å². The zero-order valence-corrected chi connectivity index (χ0v) is 31.4. The van der Waals surface area contributed by atoms with E-state index in [1.54, 1.807) is 4.57 Å². The SMILES string of the molecule is [2H]c1c([2H])c([2H])c2c(c1[2H])c1c([2H])c([2H])c([2H])c([2H])c1n2-c1ccc2cc3c(cc2c1)-c1cc2ccc(N(c4ccccc4)c4cccc5c4oc4c(C(C)(C)C)cccc45)cc2cc1-3. The molecule has 3 heteroatoms. The maximum absolute atomic E-state index is 8.95. The summed E-state index contributed by atoms with van der Waals surface area (Å²) in [6.45, 7) is 6.64. The minimum atomic E-state index is -0.460. The fourth-order valence-corrected chi connectivity index (χ4v) is 8.93. The monoisotopic (exact) mass is 738 g/mol. The summed E-state index contributed by atoms with van der Waals surface area (Å²) in [4.78, 5) is 2.27. The summed E-state index contributed by atoms with van der Waals surface area (Å²) in [6.07, 6.45) is 0. The highest BCUT2D eigenvalue weighted by Gasteiger charge is 2.26. The first-order valence-corrected chi connectivity index (χ1v) is 19.2. The van der Waals surface area contributed by atoms with Crippen LogP contribution in [0.3, 0.4) is 0 Å². The van der Waals surface area contributed by atoms with Crippen molar-refractivity contribution in [2.24, 2.45) is 0 Å². The van der Waals surface area contributed by atoms with Gasteiger partial charge >= 0.3 is 0 Å². The van der Waals surface area contributed by atoms with E-state index < -0.39 is 24.2 Å². The highest BCUT2D eigenvalue weighted by atomic mass is 16.3. The molecule has 57 heavy (non-hydrogen) atoms. The van der Waals surface area contributed by atoms with Crippen LogP contribution in [0.1, 0.15) is 37.3 Å². The first-order chi connectivity index (χ1) is 31.2. The van der Waals surface area contributed by atoms with Crippen LogP contribution in [0.4, 0.5) is 17.1 Å². The van der Waals surface area contributed by atoms with Crippen molar-refractivity contribution < 1.29 is 15.4 Å². The van der Waals surface area contributed by atoms with Crippen molar-refractivity contribution in [2.45, 2.75) is 26.2 Å². The molecule has 0 atom stereocenters. The van der Waals surface area contributed by atoms with Crippen LogP contribution < -0.4 is 4.90 Å². The molecular weight excluding hydrogens is 693 g/mol.